The van der Waals surface area contributed by atoms with E-state index in [1.54, 1.807) is 13.8 Å². The fraction of sp³-hybridized carbons (Fsp3) is 0.875. The van der Waals surface area contributed by atoms with E-state index >= 15 is 0 Å². The van der Waals surface area contributed by atoms with Gasteiger partial charge < -0.3 is 9.47 Å². The normalized spacial score (nSPS) is 12.4. The van der Waals surface area contributed by atoms with Gasteiger partial charge in [0.15, 0.2) is 0 Å². The summed E-state index contributed by atoms with van der Waals surface area (Å²) in [5, 5.41) is 0. The molecule has 0 unspecified atom stereocenters. The van der Waals surface area contributed by atoms with E-state index in [0.717, 1.165) is 6.42 Å². The second-order valence-electron chi connectivity index (χ2n) is 7.23. The molecule has 20 heavy (non-hydrogen) atoms. The summed E-state index contributed by atoms with van der Waals surface area (Å²) in [5.41, 5.74) is -0.875. The number of carbonyl (C=O) groups is 2. The molecule has 4 heteroatoms. The summed E-state index contributed by atoms with van der Waals surface area (Å²) in [6, 6.07) is 0. The lowest BCUT2D eigenvalue weighted by atomic mass is 9.89. The fourth-order valence-electron chi connectivity index (χ4n) is 1.30. The molecule has 0 rings (SSSR count). The van der Waals surface area contributed by atoms with Gasteiger partial charge in [0, 0.05) is 0 Å². The minimum Gasteiger partial charge on any atom is -0.465 e. The van der Waals surface area contributed by atoms with Gasteiger partial charge in [-0.2, -0.15) is 0 Å². The maximum Gasteiger partial charge on any atom is 0.312 e. The Morgan fingerprint density at radius 3 is 2.05 bits per heavy atom. The van der Waals surface area contributed by atoms with Crippen molar-refractivity contribution in [3.8, 4) is 0 Å². The van der Waals surface area contributed by atoms with Crippen molar-refractivity contribution in [3.05, 3.63) is 0 Å². The molecule has 0 aromatic heterocycles. The van der Waals surface area contributed by atoms with Crippen LogP contribution in [0.1, 0.15) is 61.3 Å². The molecule has 0 aliphatic heterocycles. The third kappa shape index (κ3) is 7.51. The molecule has 0 atom stereocenters. The van der Waals surface area contributed by atoms with Gasteiger partial charge in [0.05, 0.1) is 25.0 Å². The third-order valence-electron chi connectivity index (χ3n) is 3.27. The largest absolute Gasteiger partial charge is 0.465 e. The quantitative estimate of drug-likeness (QED) is 0.640. The molecule has 0 aromatic rings. The van der Waals surface area contributed by atoms with Gasteiger partial charge in [-0.3, -0.25) is 9.59 Å². The summed E-state index contributed by atoms with van der Waals surface area (Å²) >= 11 is 0. The Kier molecular flexibility index (Phi) is 7.25. The van der Waals surface area contributed by atoms with Gasteiger partial charge in [0.1, 0.15) is 0 Å². The Bertz CT molecular complexity index is 329. The topological polar surface area (TPSA) is 52.6 Å². The first-order chi connectivity index (χ1) is 9.00. The van der Waals surface area contributed by atoms with Crippen LogP contribution in [-0.4, -0.2) is 25.2 Å². The second-order valence-corrected chi connectivity index (χ2v) is 7.23. The molecule has 0 aromatic carbocycles. The van der Waals surface area contributed by atoms with Crippen molar-refractivity contribution >= 4 is 11.9 Å². The van der Waals surface area contributed by atoms with Crippen molar-refractivity contribution in [1.29, 1.82) is 0 Å². The van der Waals surface area contributed by atoms with Crippen LogP contribution >= 0.6 is 0 Å². The molecule has 0 aliphatic carbocycles. The second kappa shape index (κ2) is 7.65. The van der Waals surface area contributed by atoms with E-state index in [1.165, 1.54) is 0 Å². The van der Waals surface area contributed by atoms with E-state index < -0.39 is 5.41 Å². The zero-order valence-electron chi connectivity index (χ0n) is 14.0. The van der Waals surface area contributed by atoms with E-state index in [1.807, 2.05) is 27.7 Å². The average molecular weight is 286 g/mol. The molecule has 0 spiro atoms. The van der Waals surface area contributed by atoms with Crippen LogP contribution < -0.4 is 0 Å². The van der Waals surface area contributed by atoms with E-state index in [9.17, 15) is 9.59 Å². The van der Waals surface area contributed by atoms with Crippen molar-refractivity contribution in [1.82, 2.24) is 0 Å². The minimum atomic E-state index is -0.845. The number of ether oxygens (including phenoxy) is 2. The van der Waals surface area contributed by atoms with Gasteiger partial charge in [-0.25, -0.2) is 0 Å². The van der Waals surface area contributed by atoms with Crippen molar-refractivity contribution in [3.63, 3.8) is 0 Å². The van der Waals surface area contributed by atoms with Gasteiger partial charge in [-0.15, -0.1) is 0 Å². The van der Waals surface area contributed by atoms with Crippen molar-refractivity contribution in [2.24, 2.45) is 16.7 Å². The molecule has 0 saturated carbocycles. The molecular formula is C16H30O4. The number of carbonyl (C=O) groups excluding carboxylic acids is 2. The summed E-state index contributed by atoms with van der Waals surface area (Å²) in [6.07, 6.45) is 0.976. The summed E-state index contributed by atoms with van der Waals surface area (Å²) in [4.78, 5) is 23.8. The standard InChI is InChI=1S/C16H30O4/c1-8-15(4,5)11-20-13(17)9-16(6,7)14(18)19-10-12(2)3/h12H,8-11H2,1-7H3. The number of esters is 2. The lowest BCUT2D eigenvalue weighted by molar-refractivity contribution is -0.162. The summed E-state index contributed by atoms with van der Waals surface area (Å²) in [7, 11) is 0. The predicted molar refractivity (Wildman–Crippen MR) is 79.2 cm³/mol. The first kappa shape index (κ1) is 18.9. The molecule has 0 N–H and O–H groups in total. The first-order valence-corrected chi connectivity index (χ1v) is 7.33. The highest BCUT2D eigenvalue weighted by Gasteiger charge is 2.33. The van der Waals surface area contributed by atoms with E-state index in [4.69, 9.17) is 9.47 Å². The minimum absolute atomic E-state index is 0.0298. The summed E-state index contributed by atoms with van der Waals surface area (Å²) < 4.78 is 10.5. The molecule has 0 aliphatic rings. The van der Waals surface area contributed by atoms with Gasteiger partial charge in [-0.1, -0.05) is 34.6 Å². The molecule has 0 amide bonds. The predicted octanol–water partition coefficient (Wildman–Crippen LogP) is 3.58. The van der Waals surface area contributed by atoms with Crippen LogP contribution in [0.4, 0.5) is 0 Å². The molecule has 0 bridgehead atoms. The maximum absolute atomic E-state index is 11.9. The monoisotopic (exact) mass is 286 g/mol. The molecule has 0 heterocycles. The number of hydrogen-bond acceptors (Lipinski definition) is 4. The lowest BCUT2D eigenvalue weighted by Crippen LogP contribution is -2.32. The Hall–Kier alpha value is -1.06. The van der Waals surface area contributed by atoms with Crippen LogP contribution in [0, 0.1) is 16.7 Å². The number of rotatable bonds is 8. The molecular weight excluding hydrogens is 256 g/mol. The van der Waals surface area contributed by atoms with Crippen molar-refractivity contribution in [2.45, 2.75) is 61.3 Å². The van der Waals surface area contributed by atoms with Crippen LogP contribution in [0.25, 0.3) is 0 Å². The molecule has 4 nitrogen and oxygen atoms in total. The van der Waals surface area contributed by atoms with Gasteiger partial charge >= 0.3 is 11.9 Å². The van der Waals surface area contributed by atoms with E-state index in [2.05, 4.69) is 6.92 Å². The van der Waals surface area contributed by atoms with Gasteiger partial charge in [0.2, 0.25) is 0 Å². The number of hydrogen-bond donors (Lipinski definition) is 0. The highest BCUT2D eigenvalue weighted by atomic mass is 16.5. The van der Waals surface area contributed by atoms with Gasteiger partial charge in [-0.05, 0) is 31.6 Å². The highest BCUT2D eigenvalue weighted by molar-refractivity contribution is 5.82. The zero-order chi connectivity index (χ0) is 16.0. The molecule has 0 saturated heterocycles. The third-order valence-corrected chi connectivity index (χ3v) is 3.27. The Morgan fingerprint density at radius 1 is 1.05 bits per heavy atom. The van der Waals surface area contributed by atoms with Crippen LogP contribution in [0.5, 0.6) is 0 Å². The SMILES string of the molecule is CCC(C)(C)COC(=O)CC(C)(C)C(=O)OCC(C)C. The Labute approximate surface area is 123 Å². The molecule has 118 valence electrons. The summed E-state index contributed by atoms with van der Waals surface area (Å²) in [5.74, 6) is -0.414. The van der Waals surface area contributed by atoms with Crippen LogP contribution in [-0.2, 0) is 19.1 Å². The van der Waals surface area contributed by atoms with Crippen LogP contribution in [0.2, 0.25) is 0 Å². The highest BCUT2D eigenvalue weighted by Crippen LogP contribution is 2.25. The van der Waals surface area contributed by atoms with E-state index in [0.29, 0.717) is 13.2 Å². The Balaban J connectivity index is 4.31. The van der Waals surface area contributed by atoms with Crippen LogP contribution in [0.3, 0.4) is 0 Å². The average Bonchev–Trinajstić information content (AvgIpc) is 2.33. The zero-order valence-corrected chi connectivity index (χ0v) is 14.0. The van der Waals surface area contributed by atoms with E-state index in [-0.39, 0.29) is 29.7 Å². The smallest absolute Gasteiger partial charge is 0.312 e. The summed E-state index contributed by atoms with van der Waals surface area (Å²) in [6.45, 7) is 14.3. The van der Waals surface area contributed by atoms with Crippen molar-refractivity contribution < 1.29 is 19.1 Å². The van der Waals surface area contributed by atoms with Crippen LogP contribution in [0.15, 0.2) is 0 Å². The fourth-order valence-corrected chi connectivity index (χ4v) is 1.30. The van der Waals surface area contributed by atoms with Crippen molar-refractivity contribution in [2.75, 3.05) is 13.2 Å². The maximum atomic E-state index is 11.9. The Morgan fingerprint density at radius 2 is 1.60 bits per heavy atom. The van der Waals surface area contributed by atoms with Gasteiger partial charge in [0.25, 0.3) is 0 Å². The lowest BCUT2D eigenvalue weighted by Gasteiger charge is -2.25. The first-order valence-electron chi connectivity index (χ1n) is 7.33. The molecule has 0 fully saturated rings. The molecule has 0 radical (unpaired) electrons.